The second-order valence-electron chi connectivity index (χ2n) is 9.01. The first-order chi connectivity index (χ1) is 14.3. The Morgan fingerprint density at radius 3 is 2.33 bits per heavy atom. The molecule has 0 aromatic heterocycles. The molecule has 2 fully saturated rings. The van der Waals surface area contributed by atoms with Crippen LogP contribution in [0, 0.1) is 0 Å². The summed E-state index contributed by atoms with van der Waals surface area (Å²) in [5.41, 5.74) is 4.15. The van der Waals surface area contributed by atoms with Crippen molar-refractivity contribution in [3.8, 4) is 0 Å². The van der Waals surface area contributed by atoms with Crippen molar-refractivity contribution in [3.05, 3.63) is 77.9 Å². The quantitative estimate of drug-likeness (QED) is 0.634. The van der Waals surface area contributed by atoms with E-state index in [1.807, 2.05) is 0 Å². The van der Waals surface area contributed by atoms with E-state index in [0.717, 1.165) is 45.3 Å². The van der Waals surface area contributed by atoms with Crippen LogP contribution in [0.25, 0.3) is 10.8 Å². The van der Waals surface area contributed by atoms with Gasteiger partial charge in [0.2, 0.25) is 0 Å². The molecule has 2 atom stereocenters. The fraction of sp³-hybridized carbons (Fsp3) is 0.385. The fourth-order valence-electron chi connectivity index (χ4n) is 6.28. The summed E-state index contributed by atoms with van der Waals surface area (Å²) in [7, 11) is 0. The van der Waals surface area contributed by atoms with E-state index in [4.69, 9.17) is 0 Å². The molecule has 2 unspecified atom stereocenters. The number of para-hydroxylation sites is 1. The van der Waals surface area contributed by atoms with Crippen LogP contribution in [0.4, 0.5) is 5.69 Å². The van der Waals surface area contributed by atoms with Crippen LogP contribution < -0.4 is 4.90 Å². The molecule has 3 aliphatic rings. The zero-order valence-electron chi connectivity index (χ0n) is 17.2. The Morgan fingerprint density at radius 1 is 0.833 bits per heavy atom. The summed E-state index contributed by atoms with van der Waals surface area (Å²) < 4.78 is 0. The number of nitrogens with zero attached hydrogens (tertiary/aromatic N) is 2. The fourth-order valence-corrected chi connectivity index (χ4v) is 6.28. The van der Waals surface area contributed by atoms with E-state index >= 15 is 0 Å². The predicted octanol–water partition coefficient (Wildman–Crippen LogP) is 4.96. The van der Waals surface area contributed by atoms with Gasteiger partial charge in [-0.1, -0.05) is 54.6 Å². The molecule has 1 spiro atoms. The first-order valence-corrected chi connectivity index (χ1v) is 11.0. The molecule has 3 aromatic carbocycles. The highest BCUT2D eigenvalue weighted by Crippen LogP contribution is 2.46. The highest BCUT2D eigenvalue weighted by molar-refractivity contribution is 5.91. The predicted molar refractivity (Wildman–Crippen MR) is 126 cm³/mol. The molecular weight excluding hydrogens is 392 g/mol. The van der Waals surface area contributed by atoms with Gasteiger partial charge in [0.1, 0.15) is 0 Å². The molecular formula is C26H29ClN2O. The van der Waals surface area contributed by atoms with E-state index < -0.39 is 0 Å². The number of aliphatic hydroxyl groups is 1. The molecule has 30 heavy (non-hydrogen) atoms. The molecule has 1 N–H and O–H groups in total. The average Bonchev–Trinajstić information content (AvgIpc) is 3.30. The summed E-state index contributed by atoms with van der Waals surface area (Å²) in [6.07, 6.45) is 3.84. The second kappa shape index (κ2) is 7.56. The van der Waals surface area contributed by atoms with Crippen molar-refractivity contribution < 1.29 is 5.11 Å². The number of halogens is 1. The minimum Gasteiger partial charge on any atom is -0.391 e. The molecule has 156 valence electrons. The number of likely N-dealkylation sites (tertiary alicyclic amines) is 1. The maximum Gasteiger partial charge on any atom is 0.0789 e. The van der Waals surface area contributed by atoms with Crippen molar-refractivity contribution >= 4 is 28.9 Å². The minimum absolute atomic E-state index is 0. The van der Waals surface area contributed by atoms with Gasteiger partial charge in [-0.05, 0) is 59.7 Å². The van der Waals surface area contributed by atoms with Crippen molar-refractivity contribution in [1.29, 1.82) is 0 Å². The van der Waals surface area contributed by atoms with Crippen LogP contribution in [0.3, 0.4) is 0 Å². The molecule has 2 aliphatic heterocycles. The molecule has 2 saturated heterocycles. The Labute approximate surface area is 184 Å². The summed E-state index contributed by atoms with van der Waals surface area (Å²) in [5.74, 6) is 0. The Hall–Kier alpha value is -2.07. The highest BCUT2D eigenvalue weighted by atomic mass is 35.5. The van der Waals surface area contributed by atoms with E-state index in [0.29, 0.717) is 6.04 Å². The Morgan fingerprint density at radius 2 is 1.57 bits per heavy atom. The van der Waals surface area contributed by atoms with Crippen LogP contribution in [0.2, 0.25) is 0 Å². The molecule has 0 radical (unpaired) electrons. The number of hydrogen-bond donors (Lipinski definition) is 1. The SMILES string of the molecule is Cl.OC1CCN(c2ccccc2)C12CCN(C1Cc3cccc4cccc1c34)CC2. The zero-order chi connectivity index (χ0) is 19.4. The van der Waals surface area contributed by atoms with E-state index in [-0.39, 0.29) is 24.0 Å². The van der Waals surface area contributed by atoms with Gasteiger partial charge in [0, 0.05) is 31.4 Å². The normalized spacial score (nSPS) is 25.0. The van der Waals surface area contributed by atoms with Gasteiger partial charge in [-0.3, -0.25) is 4.90 Å². The van der Waals surface area contributed by atoms with Gasteiger partial charge in [-0.15, -0.1) is 12.4 Å². The lowest BCUT2D eigenvalue weighted by Gasteiger charge is -2.49. The summed E-state index contributed by atoms with van der Waals surface area (Å²) in [6.45, 7) is 3.06. The van der Waals surface area contributed by atoms with Gasteiger partial charge in [-0.25, -0.2) is 0 Å². The molecule has 1 aliphatic carbocycles. The maximum atomic E-state index is 11.0. The third kappa shape index (κ3) is 2.87. The molecule has 6 rings (SSSR count). The van der Waals surface area contributed by atoms with Crippen LogP contribution in [-0.4, -0.2) is 41.3 Å². The molecule has 0 saturated carbocycles. The number of anilines is 1. The third-order valence-electron chi connectivity index (χ3n) is 7.75. The van der Waals surface area contributed by atoms with Crippen LogP contribution in [0.1, 0.15) is 36.4 Å². The lowest BCUT2D eigenvalue weighted by Crippen LogP contribution is -2.57. The Balaban J connectivity index is 0.00000193. The number of hydrogen-bond acceptors (Lipinski definition) is 3. The van der Waals surface area contributed by atoms with Gasteiger partial charge >= 0.3 is 0 Å². The van der Waals surface area contributed by atoms with Crippen LogP contribution >= 0.6 is 12.4 Å². The van der Waals surface area contributed by atoms with Gasteiger partial charge in [0.25, 0.3) is 0 Å². The Kier molecular flexibility index (Phi) is 5.01. The summed E-state index contributed by atoms with van der Waals surface area (Å²) in [5, 5.41) is 13.8. The second-order valence-corrected chi connectivity index (χ2v) is 9.01. The molecule has 2 heterocycles. The highest BCUT2D eigenvalue weighted by Gasteiger charge is 2.50. The number of aliphatic hydroxyl groups excluding tert-OH is 1. The zero-order valence-corrected chi connectivity index (χ0v) is 18.0. The molecule has 4 heteroatoms. The van der Waals surface area contributed by atoms with Crippen molar-refractivity contribution in [3.63, 3.8) is 0 Å². The number of rotatable bonds is 2. The summed E-state index contributed by atoms with van der Waals surface area (Å²) in [4.78, 5) is 5.17. The van der Waals surface area contributed by atoms with Crippen LogP contribution in [-0.2, 0) is 6.42 Å². The first-order valence-electron chi connectivity index (χ1n) is 11.0. The first kappa shape index (κ1) is 19.9. The van der Waals surface area contributed by atoms with Crippen molar-refractivity contribution in [1.82, 2.24) is 4.90 Å². The summed E-state index contributed by atoms with van der Waals surface area (Å²) in [6, 6.07) is 24.7. The van der Waals surface area contributed by atoms with E-state index in [2.05, 4.69) is 76.5 Å². The van der Waals surface area contributed by atoms with Crippen molar-refractivity contribution in [2.24, 2.45) is 0 Å². The lowest BCUT2D eigenvalue weighted by molar-refractivity contribution is 0.0419. The van der Waals surface area contributed by atoms with Gasteiger partial charge < -0.3 is 10.0 Å². The third-order valence-corrected chi connectivity index (χ3v) is 7.75. The van der Waals surface area contributed by atoms with Crippen LogP contribution in [0.15, 0.2) is 66.7 Å². The standard InChI is InChI=1S/C26H28N2O.ClH/c29-24-12-15-28(21-9-2-1-3-10-21)26(24)13-16-27(17-14-26)23-18-20-8-4-6-19-7-5-11-22(23)25(19)20;/h1-11,23-24,29H,12-18H2;1H. The number of piperidine rings is 1. The van der Waals surface area contributed by atoms with Crippen molar-refractivity contribution in [2.75, 3.05) is 24.5 Å². The molecule has 3 nitrogen and oxygen atoms in total. The summed E-state index contributed by atoms with van der Waals surface area (Å²) >= 11 is 0. The smallest absolute Gasteiger partial charge is 0.0789 e. The number of benzene rings is 3. The van der Waals surface area contributed by atoms with E-state index in [9.17, 15) is 5.11 Å². The van der Waals surface area contributed by atoms with Gasteiger partial charge in [0.05, 0.1) is 11.6 Å². The minimum atomic E-state index is -0.228. The van der Waals surface area contributed by atoms with Crippen molar-refractivity contribution in [2.45, 2.75) is 43.4 Å². The molecule has 0 bridgehead atoms. The van der Waals surface area contributed by atoms with Crippen LogP contribution in [0.5, 0.6) is 0 Å². The van der Waals surface area contributed by atoms with Gasteiger partial charge in [-0.2, -0.15) is 0 Å². The lowest BCUT2D eigenvalue weighted by atomic mass is 9.81. The largest absolute Gasteiger partial charge is 0.391 e. The van der Waals surface area contributed by atoms with E-state index in [1.54, 1.807) is 0 Å². The van der Waals surface area contributed by atoms with E-state index in [1.165, 1.54) is 27.6 Å². The molecule has 3 aromatic rings. The monoisotopic (exact) mass is 420 g/mol. The average molecular weight is 421 g/mol. The topological polar surface area (TPSA) is 26.7 Å². The molecule has 0 amide bonds. The van der Waals surface area contributed by atoms with Gasteiger partial charge in [0.15, 0.2) is 0 Å². The Bertz CT molecular complexity index is 1040. The maximum absolute atomic E-state index is 11.0.